The Morgan fingerprint density at radius 1 is 1.28 bits per heavy atom. The van der Waals surface area contributed by atoms with Crippen molar-refractivity contribution < 1.29 is 13.5 Å². The van der Waals surface area contributed by atoms with E-state index in [1.54, 1.807) is 0 Å². The number of hydrogen-bond acceptors (Lipinski definition) is 4. The van der Waals surface area contributed by atoms with Crippen molar-refractivity contribution in [3.63, 3.8) is 0 Å². The van der Waals surface area contributed by atoms with E-state index in [-0.39, 0.29) is 11.5 Å². The van der Waals surface area contributed by atoms with E-state index in [4.69, 9.17) is 0 Å². The largest absolute Gasteiger partial charge is 0.388 e. The zero-order valence-electron chi connectivity index (χ0n) is 10.5. The lowest BCUT2D eigenvalue weighted by Gasteiger charge is -2.31. The number of anilines is 1. The summed E-state index contributed by atoms with van der Waals surface area (Å²) in [5.74, 6) is 0.396. The van der Waals surface area contributed by atoms with Crippen LogP contribution >= 0.6 is 0 Å². The summed E-state index contributed by atoms with van der Waals surface area (Å²) < 4.78 is 22.9. The maximum Gasteiger partial charge on any atom is 0.153 e. The maximum atomic E-state index is 11.4. The molecule has 100 valence electrons. The Kier molecular flexibility index (Phi) is 3.92. The van der Waals surface area contributed by atoms with Gasteiger partial charge in [0, 0.05) is 24.3 Å². The molecule has 1 heterocycles. The number of sulfone groups is 1. The summed E-state index contributed by atoms with van der Waals surface area (Å²) in [6.45, 7) is 2.95. The maximum absolute atomic E-state index is 11.4. The number of para-hydroxylation sites is 1. The molecule has 1 aromatic rings. The van der Waals surface area contributed by atoms with Crippen LogP contribution in [0.1, 0.15) is 25.0 Å². The molecule has 1 atom stereocenters. The summed E-state index contributed by atoms with van der Waals surface area (Å²) in [4.78, 5) is 2.05. The first-order valence-electron chi connectivity index (χ1n) is 6.26. The molecule has 0 amide bonds. The molecule has 2 rings (SSSR count). The van der Waals surface area contributed by atoms with Crippen LogP contribution in [0.4, 0.5) is 5.69 Å². The number of rotatable bonds is 3. The SMILES string of the molecule is CC[C@H](O)c1ccccc1N1CCS(=O)(=O)CC1. The van der Waals surface area contributed by atoms with Crippen LogP contribution in [0.25, 0.3) is 0 Å². The minimum Gasteiger partial charge on any atom is -0.388 e. The summed E-state index contributed by atoms with van der Waals surface area (Å²) >= 11 is 0. The van der Waals surface area contributed by atoms with Gasteiger partial charge in [0.05, 0.1) is 17.6 Å². The third-order valence-electron chi connectivity index (χ3n) is 3.37. The first-order chi connectivity index (χ1) is 8.53. The lowest BCUT2D eigenvalue weighted by Crippen LogP contribution is -2.40. The summed E-state index contributed by atoms with van der Waals surface area (Å²) in [5.41, 5.74) is 1.85. The van der Waals surface area contributed by atoms with Crippen LogP contribution in [0.5, 0.6) is 0 Å². The zero-order chi connectivity index (χ0) is 13.2. The topological polar surface area (TPSA) is 57.6 Å². The van der Waals surface area contributed by atoms with Gasteiger partial charge in [0.2, 0.25) is 0 Å². The molecule has 0 radical (unpaired) electrons. The number of hydrogen-bond donors (Lipinski definition) is 1. The monoisotopic (exact) mass is 269 g/mol. The lowest BCUT2D eigenvalue weighted by atomic mass is 10.0. The molecule has 1 fully saturated rings. The quantitative estimate of drug-likeness (QED) is 0.900. The van der Waals surface area contributed by atoms with Gasteiger partial charge in [-0.15, -0.1) is 0 Å². The third-order valence-corrected chi connectivity index (χ3v) is 4.98. The Labute approximate surface area is 108 Å². The fourth-order valence-electron chi connectivity index (χ4n) is 2.23. The third kappa shape index (κ3) is 2.84. The Morgan fingerprint density at radius 2 is 1.89 bits per heavy atom. The molecule has 1 saturated heterocycles. The second-order valence-corrected chi connectivity index (χ2v) is 6.93. The molecule has 4 nitrogen and oxygen atoms in total. The normalized spacial score (nSPS) is 20.7. The second kappa shape index (κ2) is 5.28. The number of nitrogens with zero attached hydrogens (tertiary/aromatic N) is 1. The minimum absolute atomic E-state index is 0.198. The van der Waals surface area contributed by atoms with Crippen LogP contribution in [0.2, 0.25) is 0 Å². The van der Waals surface area contributed by atoms with Gasteiger partial charge in [-0.2, -0.15) is 0 Å². The van der Waals surface area contributed by atoms with Crippen LogP contribution in [0, 0.1) is 0 Å². The van der Waals surface area contributed by atoms with Gasteiger partial charge in [0.15, 0.2) is 9.84 Å². The number of aliphatic hydroxyl groups excluding tert-OH is 1. The highest BCUT2D eigenvalue weighted by molar-refractivity contribution is 7.91. The van der Waals surface area contributed by atoms with E-state index in [9.17, 15) is 13.5 Å². The molecule has 5 heteroatoms. The van der Waals surface area contributed by atoms with Crippen molar-refractivity contribution >= 4 is 15.5 Å². The van der Waals surface area contributed by atoms with E-state index >= 15 is 0 Å². The van der Waals surface area contributed by atoms with Crippen molar-refractivity contribution in [1.82, 2.24) is 0 Å². The Morgan fingerprint density at radius 3 is 2.50 bits per heavy atom. The highest BCUT2D eigenvalue weighted by atomic mass is 32.2. The molecule has 0 aromatic heterocycles. The van der Waals surface area contributed by atoms with Gasteiger partial charge in [-0.1, -0.05) is 25.1 Å². The average Bonchev–Trinajstić information content (AvgIpc) is 2.38. The zero-order valence-corrected chi connectivity index (χ0v) is 11.4. The van der Waals surface area contributed by atoms with E-state index in [1.807, 2.05) is 31.2 Å². The molecule has 0 bridgehead atoms. The van der Waals surface area contributed by atoms with Crippen LogP contribution < -0.4 is 4.90 Å². The van der Waals surface area contributed by atoms with E-state index < -0.39 is 15.9 Å². The van der Waals surface area contributed by atoms with Crippen molar-refractivity contribution in [1.29, 1.82) is 0 Å². The van der Waals surface area contributed by atoms with E-state index in [0.29, 0.717) is 19.5 Å². The fourth-order valence-corrected chi connectivity index (χ4v) is 3.43. The Balaban J connectivity index is 2.24. The molecule has 1 aliphatic rings. The molecule has 0 saturated carbocycles. The number of aliphatic hydroxyl groups is 1. The molecule has 0 spiro atoms. The van der Waals surface area contributed by atoms with Crippen LogP contribution in [0.3, 0.4) is 0 Å². The Hall–Kier alpha value is -1.07. The molecular formula is C13H19NO3S. The molecule has 0 aliphatic carbocycles. The van der Waals surface area contributed by atoms with Crippen LogP contribution in [-0.2, 0) is 9.84 Å². The average molecular weight is 269 g/mol. The van der Waals surface area contributed by atoms with Gasteiger partial charge in [0.1, 0.15) is 0 Å². The number of benzene rings is 1. The predicted octanol–water partition coefficient (Wildman–Crippen LogP) is 1.36. The van der Waals surface area contributed by atoms with E-state index in [1.165, 1.54) is 0 Å². The van der Waals surface area contributed by atoms with Gasteiger partial charge in [0.25, 0.3) is 0 Å². The summed E-state index contributed by atoms with van der Waals surface area (Å²) in [6, 6.07) is 7.68. The van der Waals surface area contributed by atoms with Crippen molar-refractivity contribution in [2.75, 3.05) is 29.5 Å². The van der Waals surface area contributed by atoms with Crippen molar-refractivity contribution in [2.45, 2.75) is 19.4 Å². The molecule has 0 unspecified atom stereocenters. The highest BCUT2D eigenvalue weighted by Crippen LogP contribution is 2.28. The van der Waals surface area contributed by atoms with Gasteiger partial charge < -0.3 is 10.0 Å². The predicted molar refractivity (Wildman–Crippen MR) is 72.6 cm³/mol. The van der Waals surface area contributed by atoms with E-state index in [2.05, 4.69) is 4.90 Å². The highest BCUT2D eigenvalue weighted by Gasteiger charge is 2.24. The smallest absolute Gasteiger partial charge is 0.153 e. The van der Waals surface area contributed by atoms with E-state index in [0.717, 1.165) is 11.3 Å². The van der Waals surface area contributed by atoms with Crippen molar-refractivity contribution in [3.8, 4) is 0 Å². The van der Waals surface area contributed by atoms with Gasteiger partial charge in [-0.3, -0.25) is 0 Å². The molecule has 1 aliphatic heterocycles. The van der Waals surface area contributed by atoms with Crippen molar-refractivity contribution in [2.24, 2.45) is 0 Å². The first-order valence-corrected chi connectivity index (χ1v) is 8.08. The van der Waals surface area contributed by atoms with Gasteiger partial charge >= 0.3 is 0 Å². The second-order valence-electron chi connectivity index (χ2n) is 4.62. The molecule has 1 aromatic carbocycles. The van der Waals surface area contributed by atoms with Gasteiger partial charge in [-0.25, -0.2) is 8.42 Å². The molecule has 1 N–H and O–H groups in total. The van der Waals surface area contributed by atoms with Gasteiger partial charge in [-0.05, 0) is 12.5 Å². The lowest BCUT2D eigenvalue weighted by molar-refractivity contribution is 0.174. The van der Waals surface area contributed by atoms with Crippen LogP contribution in [0.15, 0.2) is 24.3 Å². The Bertz CT molecular complexity index is 499. The summed E-state index contributed by atoms with van der Waals surface area (Å²) in [5, 5.41) is 10.00. The summed E-state index contributed by atoms with van der Waals surface area (Å²) in [7, 11) is -2.87. The standard InChI is InChI=1S/C13H19NO3S/c1-2-13(15)11-5-3-4-6-12(11)14-7-9-18(16,17)10-8-14/h3-6,13,15H,2,7-10H2,1H3/t13-/m0/s1. The molecule has 18 heavy (non-hydrogen) atoms. The minimum atomic E-state index is -2.87. The fraction of sp³-hybridized carbons (Fsp3) is 0.538. The van der Waals surface area contributed by atoms with Crippen LogP contribution in [-0.4, -0.2) is 38.1 Å². The summed E-state index contributed by atoms with van der Waals surface area (Å²) in [6.07, 6.45) is 0.170. The van der Waals surface area contributed by atoms with Crippen molar-refractivity contribution in [3.05, 3.63) is 29.8 Å². The first kappa shape index (κ1) is 13.4. The molecular weight excluding hydrogens is 250 g/mol.